The van der Waals surface area contributed by atoms with E-state index >= 15 is 0 Å². The topological polar surface area (TPSA) is 72.5 Å². The molecular weight excluding hydrogens is 378 g/mol. The predicted octanol–water partition coefficient (Wildman–Crippen LogP) is 4.68. The maximum Gasteiger partial charge on any atom is 0.270 e. The molecule has 6 heteroatoms. The average Bonchev–Trinajstić information content (AvgIpc) is 2.82. The van der Waals surface area contributed by atoms with E-state index in [2.05, 4.69) is 10.9 Å². The van der Waals surface area contributed by atoms with E-state index in [1.165, 1.54) is 0 Å². The van der Waals surface area contributed by atoms with Crippen LogP contribution in [0.4, 0.5) is 5.69 Å². The van der Waals surface area contributed by atoms with Gasteiger partial charge in [0.25, 0.3) is 5.91 Å². The first-order valence-electron chi connectivity index (χ1n) is 9.43. The minimum Gasteiger partial charge on any atom is -0.493 e. The quantitative estimate of drug-likeness (QED) is 0.461. The van der Waals surface area contributed by atoms with Gasteiger partial charge >= 0.3 is 0 Å². The molecule has 4 aromatic rings. The number of fused-ring (bicyclic) bond motifs is 1. The summed E-state index contributed by atoms with van der Waals surface area (Å²) in [7, 11) is 3.18. The summed E-state index contributed by atoms with van der Waals surface area (Å²) in [6.45, 7) is 0. The Hall–Kier alpha value is -4.06. The van der Waals surface area contributed by atoms with Gasteiger partial charge in [-0.25, -0.2) is 4.98 Å². The van der Waals surface area contributed by atoms with Crippen LogP contribution in [0.15, 0.2) is 78.9 Å². The molecule has 0 unspecified atom stereocenters. The maximum atomic E-state index is 13.0. The van der Waals surface area contributed by atoms with Crippen LogP contribution in [-0.4, -0.2) is 25.1 Å². The highest BCUT2D eigenvalue weighted by atomic mass is 16.5. The first-order chi connectivity index (χ1) is 14.7. The number of carbonyl (C=O) groups is 1. The lowest BCUT2D eigenvalue weighted by atomic mass is 10.0. The lowest BCUT2D eigenvalue weighted by Gasteiger charge is -2.13. The van der Waals surface area contributed by atoms with Crippen molar-refractivity contribution in [3.8, 4) is 22.8 Å². The second kappa shape index (κ2) is 8.53. The Kier molecular flexibility index (Phi) is 5.48. The molecule has 0 aliphatic heterocycles. The third-order valence-electron chi connectivity index (χ3n) is 4.73. The van der Waals surface area contributed by atoms with Gasteiger partial charge in [0, 0.05) is 10.9 Å². The molecule has 0 spiro atoms. The van der Waals surface area contributed by atoms with E-state index < -0.39 is 0 Å². The van der Waals surface area contributed by atoms with Crippen molar-refractivity contribution < 1.29 is 14.3 Å². The molecule has 4 rings (SSSR count). The molecule has 1 heterocycles. The van der Waals surface area contributed by atoms with Gasteiger partial charge in [-0.15, -0.1) is 0 Å². The van der Waals surface area contributed by atoms with Gasteiger partial charge in [-0.3, -0.25) is 15.6 Å². The first kappa shape index (κ1) is 19.3. The molecule has 0 atom stereocenters. The van der Waals surface area contributed by atoms with Crippen LogP contribution in [0.3, 0.4) is 0 Å². The van der Waals surface area contributed by atoms with Crippen LogP contribution in [0.5, 0.6) is 11.5 Å². The highest BCUT2D eigenvalue weighted by molar-refractivity contribution is 6.07. The van der Waals surface area contributed by atoms with E-state index in [9.17, 15) is 4.79 Å². The molecule has 1 aromatic heterocycles. The fourth-order valence-electron chi connectivity index (χ4n) is 3.22. The summed E-state index contributed by atoms with van der Waals surface area (Å²) in [5.41, 5.74) is 9.25. The first-order valence-corrected chi connectivity index (χ1v) is 9.43. The van der Waals surface area contributed by atoms with E-state index in [0.29, 0.717) is 22.8 Å². The van der Waals surface area contributed by atoms with Crippen molar-refractivity contribution in [1.29, 1.82) is 0 Å². The molecule has 0 bridgehead atoms. The zero-order valence-electron chi connectivity index (χ0n) is 16.7. The van der Waals surface area contributed by atoms with Crippen LogP contribution in [0.2, 0.25) is 0 Å². The fraction of sp³-hybridized carbons (Fsp3) is 0.0833. The molecule has 3 aromatic carbocycles. The Balaban J connectivity index is 1.73. The van der Waals surface area contributed by atoms with Crippen LogP contribution in [0, 0.1) is 0 Å². The van der Waals surface area contributed by atoms with Gasteiger partial charge in [-0.2, -0.15) is 0 Å². The second-order valence-electron chi connectivity index (χ2n) is 6.59. The Labute approximate surface area is 174 Å². The number of hydrogen-bond donors (Lipinski definition) is 2. The van der Waals surface area contributed by atoms with Gasteiger partial charge in [0.2, 0.25) is 0 Å². The third kappa shape index (κ3) is 3.89. The highest BCUT2D eigenvalue weighted by Gasteiger charge is 2.15. The van der Waals surface area contributed by atoms with Crippen LogP contribution < -0.4 is 20.3 Å². The molecule has 0 radical (unpaired) electrons. The minimum atomic E-state index is -0.251. The fourth-order valence-corrected chi connectivity index (χ4v) is 3.22. The second-order valence-corrected chi connectivity index (χ2v) is 6.59. The third-order valence-corrected chi connectivity index (χ3v) is 4.73. The molecule has 0 saturated carbocycles. The summed E-state index contributed by atoms with van der Waals surface area (Å²) in [4.78, 5) is 17.7. The molecule has 0 fully saturated rings. The Morgan fingerprint density at radius 3 is 2.33 bits per heavy atom. The van der Waals surface area contributed by atoms with Gasteiger partial charge in [-0.05, 0) is 42.5 Å². The van der Waals surface area contributed by atoms with Gasteiger partial charge < -0.3 is 9.47 Å². The lowest BCUT2D eigenvalue weighted by molar-refractivity contribution is 0.0964. The van der Waals surface area contributed by atoms with Crippen molar-refractivity contribution in [2.24, 2.45) is 0 Å². The smallest absolute Gasteiger partial charge is 0.270 e. The van der Waals surface area contributed by atoms with Gasteiger partial charge in [0.05, 0.1) is 36.7 Å². The van der Waals surface area contributed by atoms with Gasteiger partial charge in [0.15, 0.2) is 11.5 Å². The van der Waals surface area contributed by atoms with Crippen molar-refractivity contribution in [3.63, 3.8) is 0 Å². The average molecular weight is 399 g/mol. The number of amides is 1. The van der Waals surface area contributed by atoms with Crippen LogP contribution >= 0.6 is 0 Å². The zero-order chi connectivity index (χ0) is 20.9. The molecule has 6 nitrogen and oxygen atoms in total. The molecule has 30 heavy (non-hydrogen) atoms. The van der Waals surface area contributed by atoms with Crippen molar-refractivity contribution in [3.05, 3.63) is 84.4 Å². The number of ether oxygens (including phenoxy) is 2. The van der Waals surface area contributed by atoms with E-state index in [4.69, 9.17) is 14.5 Å². The number of aromatic nitrogens is 1. The number of hydrogen-bond acceptors (Lipinski definition) is 5. The highest BCUT2D eigenvalue weighted by Crippen LogP contribution is 2.33. The summed E-state index contributed by atoms with van der Waals surface area (Å²) in [6, 6.07) is 24.4. The number of carbonyl (C=O) groups excluding carboxylic acids is 1. The van der Waals surface area contributed by atoms with E-state index in [-0.39, 0.29) is 5.91 Å². The van der Waals surface area contributed by atoms with Crippen molar-refractivity contribution in [2.75, 3.05) is 19.6 Å². The number of nitrogens with zero attached hydrogens (tertiary/aromatic N) is 1. The number of anilines is 1. The summed E-state index contributed by atoms with van der Waals surface area (Å²) < 4.78 is 10.7. The minimum absolute atomic E-state index is 0.251. The number of benzene rings is 3. The Bertz CT molecular complexity index is 1190. The lowest BCUT2D eigenvalue weighted by Crippen LogP contribution is -2.29. The van der Waals surface area contributed by atoms with Crippen LogP contribution in [0.25, 0.3) is 22.2 Å². The monoisotopic (exact) mass is 399 g/mol. The number of pyridine rings is 1. The Morgan fingerprint density at radius 1 is 0.833 bits per heavy atom. The number of para-hydroxylation sites is 2. The predicted molar refractivity (Wildman–Crippen MR) is 118 cm³/mol. The summed E-state index contributed by atoms with van der Waals surface area (Å²) >= 11 is 0. The summed E-state index contributed by atoms with van der Waals surface area (Å²) in [5, 5.41) is 0.772. The Morgan fingerprint density at radius 2 is 1.57 bits per heavy atom. The number of nitrogens with one attached hydrogen (secondary N) is 2. The standard InChI is InChI=1S/C24H21N3O3/c1-29-22-13-12-16(14-23(22)30-2)21-15-19(18-10-6-7-11-20(18)25-21)24(28)27-26-17-8-4-3-5-9-17/h3-15,26H,1-2H3,(H,27,28). The van der Waals surface area contributed by atoms with E-state index in [1.54, 1.807) is 20.3 Å². The summed E-state index contributed by atoms with van der Waals surface area (Å²) in [6.07, 6.45) is 0. The SMILES string of the molecule is COc1ccc(-c2cc(C(=O)NNc3ccccc3)c3ccccc3n2)cc1OC. The largest absolute Gasteiger partial charge is 0.493 e. The van der Waals surface area contributed by atoms with Crippen molar-refractivity contribution in [2.45, 2.75) is 0 Å². The molecule has 150 valence electrons. The molecule has 0 aliphatic carbocycles. The van der Waals surface area contributed by atoms with E-state index in [0.717, 1.165) is 22.2 Å². The summed E-state index contributed by atoms with van der Waals surface area (Å²) in [5.74, 6) is 0.980. The molecule has 1 amide bonds. The zero-order valence-corrected chi connectivity index (χ0v) is 16.7. The normalized spacial score (nSPS) is 10.5. The number of methoxy groups -OCH3 is 2. The number of rotatable bonds is 6. The molecular formula is C24H21N3O3. The van der Waals surface area contributed by atoms with Gasteiger partial charge in [0.1, 0.15) is 0 Å². The van der Waals surface area contributed by atoms with Crippen LogP contribution in [0.1, 0.15) is 10.4 Å². The number of hydrazine groups is 1. The molecule has 0 aliphatic rings. The molecule has 2 N–H and O–H groups in total. The van der Waals surface area contributed by atoms with Gasteiger partial charge in [-0.1, -0.05) is 36.4 Å². The maximum absolute atomic E-state index is 13.0. The van der Waals surface area contributed by atoms with Crippen LogP contribution in [-0.2, 0) is 0 Å². The van der Waals surface area contributed by atoms with Crippen molar-refractivity contribution in [1.82, 2.24) is 10.4 Å². The van der Waals surface area contributed by atoms with Crippen molar-refractivity contribution >= 4 is 22.5 Å². The molecule has 0 saturated heterocycles. The van der Waals surface area contributed by atoms with E-state index in [1.807, 2.05) is 72.8 Å².